The molecule has 5 nitrogen and oxygen atoms in total. The van der Waals surface area contributed by atoms with Crippen molar-refractivity contribution in [3.8, 4) is 0 Å². The van der Waals surface area contributed by atoms with Crippen LogP contribution in [0, 0.1) is 13.8 Å². The van der Waals surface area contributed by atoms with Crippen LogP contribution in [0.4, 0.5) is 5.69 Å². The highest BCUT2D eigenvalue weighted by Gasteiger charge is 2.30. The highest BCUT2D eigenvalue weighted by molar-refractivity contribution is 7.92. The van der Waals surface area contributed by atoms with E-state index < -0.39 is 10.0 Å². The highest BCUT2D eigenvalue weighted by Crippen LogP contribution is 2.31. The number of amides is 1. The maximum absolute atomic E-state index is 13.6. The Morgan fingerprint density at radius 1 is 1.06 bits per heavy atom. The lowest BCUT2D eigenvalue weighted by atomic mass is 9.88. The normalized spacial score (nSPS) is 15.5. The molecule has 3 aromatic carbocycles. The molecule has 0 fully saturated rings. The first-order chi connectivity index (χ1) is 15.8. The molecule has 0 aliphatic heterocycles. The van der Waals surface area contributed by atoms with E-state index in [1.165, 1.54) is 9.87 Å². The first-order valence-corrected chi connectivity index (χ1v) is 12.8. The quantitative estimate of drug-likeness (QED) is 0.515. The molecular formula is C26H27ClN2O3S. The van der Waals surface area contributed by atoms with Gasteiger partial charge in [0, 0.05) is 5.02 Å². The van der Waals surface area contributed by atoms with Crippen molar-refractivity contribution in [3.05, 3.63) is 94.0 Å². The van der Waals surface area contributed by atoms with Crippen LogP contribution in [0.1, 0.15) is 41.1 Å². The van der Waals surface area contributed by atoms with E-state index in [0.29, 0.717) is 16.3 Å². The van der Waals surface area contributed by atoms with Crippen molar-refractivity contribution < 1.29 is 13.2 Å². The van der Waals surface area contributed by atoms with Crippen LogP contribution in [0.15, 0.2) is 71.6 Å². The van der Waals surface area contributed by atoms with Crippen LogP contribution in [0.5, 0.6) is 0 Å². The molecule has 0 aromatic heterocycles. The summed E-state index contributed by atoms with van der Waals surface area (Å²) in [6.07, 6.45) is 2.79. The Hall–Kier alpha value is -2.83. The lowest BCUT2D eigenvalue weighted by molar-refractivity contribution is -0.120. The number of halogens is 1. The van der Waals surface area contributed by atoms with Gasteiger partial charge in [-0.2, -0.15) is 0 Å². The number of hydrogen-bond donors (Lipinski definition) is 1. The summed E-state index contributed by atoms with van der Waals surface area (Å²) >= 11 is 6.11. The number of fused-ring (bicyclic) bond motifs is 1. The van der Waals surface area contributed by atoms with E-state index >= 15 is 0 Å². The van der Waals surface area contributed by atoms with Crippen molar-refractivity contribution in [2.24, 2.45) is 0 Å². The molecule has 7 heteroatoms. The monoisotopic (exact) mass is 482 g/mol. The third-order valence-corrected chi connectivity index (χ3v) is 8.04. The number of carbonyl (C=O) groups excluding carboxylic acids is 1. The molecule has 1 amide bonds. The van der Waals surface area contributed by atoms with Crippen molar-refractivity contribution in [1.29, 1.82) is 0 Å². The fraction of sp³-hybridized carbons (Fsp3) is 0.269. The molecule has 0 bridgehead atoms. The average Bonchev–Trinajstić information content (AvgIpc) is 2.78. The molecular weight excluding hydrogens is 456 g/mol. The molecule has 1 N–H and O–H groups in total. The molecule has 0 heterocycles. The van der Waals surface area contributed by atoms with E-state index in [2.05, 4.69) is 11.4 Å². The Labute approximate surface area is 200 Å². The average molecular weight is 483 g/mol. The number of benzene rings is 3. The molecule has 1 aliphatic carbocycles. The molecule has 3 aromatic rings. The number of rotatable bonds is 6. The number of anilines is 1. The SMILES string of the molecule is Cc1ccc(S(=O)(=O)N(CC(=O)N[C@@H]2CCCc3ccccc32)c2ccc(Cl)cc2C)cc1. The van der Waals surface area contributed by atoms with Gasteiger partial charge in [0.15, 0.2) is 0 Å². The molecule has 1 atom stereocenters. The zero-order valence-electron chi connectivity index (χ0n) is 18.7. The predicted molar refractivity (Wildman–Crippen MR) is 132 cm³/mol. The van der Waals surface area contributed by atoms with E-state index in [4.69, 9.17) is 11.6 Å². The number of sulfonamides is 1. The Morgan fingerprint density at radius 2 is 1.79 bits per heavy atom. The zero-order valence-corrected chi connectivity index (χ0v) is 20.3. The molecule has 0 radical (unpaired) electrons. The molecule has 0 saturated heterocycles. The topological polar surface area (TPSA) is 66.5 Å². The van der Waals surface area contributed by atoms with E-state index in [-0.39, 0.29) is 23.4 Å². The van der Waals surface area contributed by atoms with Crippen LogP contribution in [0.3, 0.4) is 0 Å². The third-order valence-electron chi connectivity index (χ3n) is 6.03. The van der Waals surface area contributed by atoms with Crippen LogP contribution < -0.4 is 9.62 Å². The van der Waals surface area contributed by atoms with Gasteiger partial charge < -0.3 is 5.32 Å². The van der Waals surface area contributed by atoms with Gasteiger partial charge in [0.2, 0.25) is 5.91 Å². The summed E-state index contributed by atoms with van der Waals surface area (Å²) in [6.45, 7) is 3.36. The lowest BCUT2D eigenvalue weighted by Gasteiger charge is -2.29. The number of nitrogens with zero attached hydrogens (tertiary/aromatic N) is 1. The largest absolute Gasteiger partial charge is 0.348 e. The van der Waals surface area contributed by atoms with Crippen LogP contribution in [-0.4, -0.2) is 20.9 Å². The maximum atomic E-state index is 13.6. The van der Waals surface area contributed by atoms with Crippen molar-refractivity contribution in [1.82, 2.24) is 5.32 Å². The molecule has 0 saturated carbocycles. The van der Waals surface area contributed by atoms with E-state index in [9.17, 15) is 13.2 Å². The smallest absolute Gasteiger partial charge is 0.264 e. The minimum atomic E-state index is -3.97. The third kappa shape index (κ3) is 5.07. The highest BCUT2D eigenvalue weighted by atomic mass is 35.5. The molecule has 0 unspecified atom stereocenters. The molecule has 1 aliphatic rings. The van der Waals surface area contributed by atoms with Gasteiger partial charge >= 0.3 is 0 Å². The van der Waals surface area contributed by atoms with Gasteiger partial charge in [-0.1, -0.05) is 53.6 Å². The van der Waals surface area contributed by atoms with Gasteiger partial charge in [-0.05, 0) is 80.1 Å². The molecule has 0 spiro atoms. The van der Waals surface area contributed by atoms with Gasteiger partial charge in [-0.3, -0.25) is 9.10 Å². The van der Waals surface area contributed by atoms with Gasteiger partial charge in [-0.15, -0.1) is 0 Å². The fourth-order valence-electron chi connectivity index (χ4n) is 4.31. The molecule has 33 heavy (non-hydrogen) atoms. The van der Waals surface area contributed by atoms with Crippen molar-refractivity contribution in [2.45, 2.75) is 44.0 Å². The van der Waals surface area contributed by atoms with Crippen molar-refractivity contribution in [3.63, 3.8) is 0 Å². The summed E-state index contributed by atoms with van der Waals surface area (Å²) in [4.78, 5) is 13.3. The van der Waals surface area contributed by atoms with Gasteiger partial charge in [0.1, 0.15) is 6.54 Å². The van der Waals surface area contributed by atoms with Gasteiger partial charge in [0.25, 0.3) is 10.0 Å². The second kappa shape index (κ2) is 9.57. The van der Waals surface area contributed by atoms with Crippen LogP contribution in [0.25, 0.3) is 0 Å². The number of nitrogens with one attached hydrogen (secondary N) is 1. The van der Waals surface area contributed by atoms with Gasteiger partial charge in [-0.25, -0.2) is 8.42 Å². The lowest BCUT2D eigenvalue weighted by Crippen LogP contribution is -2.42. The zero-order chi connectivity index (χ0) is 23.6. The van der Waals surface area contributed by atoms with Gasteiger partial charge in [0.05, 0.1) is 16.6 Å². The first kappa shape index (κ1) is 23.3. The van der Waals surface area contributed by atoms with E-state index in [1.54, 1.807) is 49.4 Å². The summed E-state index contributed by atoms with van der Waals surface area (Å²) in [7, 11) is -3.97. The Bertz CT molecular complexity index is 1270. The second-order valence-corrected chi connectivity index (χ2v) is 10.8. The maximum Gasteiger partial charge on any atom is 0.264 e. The first-order valence-electron chi connectivity index (χ1n) is 11.0. The summed E-state index contributed by atoms with van der Waals surface area (Å²) in [5, 5.41) is 3.57. The molecule has 172 valence electrons. The minimum absolute atomic E-state index is 0.127. The second-order valence-electron chi connectivity index (χ2n) is 8.47. The summed E-state index contributed by atoms with van der Waals surface area (Å²) in [5.41, 5.74) is 4.39. The fourth-order valence-corrected chi connectivity index (χ4v) is 6.02. The van der Waals surface area contributed by atoms with Crippen LogP contribution in [0.2, 0.25) is 5.02 Å². The summed E-state index contributed by atoms with van der Waals surface area (Å²) in [5.74, 6) is -0.346. The minimum Gasteiger partial charge on any atom is -0.348 e. The van der Waals surface area contributed by atoms with E-state index in [0.717, 1.165) is 30.4 Å². The Balaban J connectivity index is 1.66. The summed E-state index contributed by atoms with van der Waals surface area (Å²) < 4.78 is 28.4. The molecule has 4 rings (SSSR count). The predicted octanol–water partition coefficient (Wildman–Crippen LogP) is 5.35. The number of carbonyl (C=O) groups is 1. The van der Waals surface area contributed by atoms with Crippen LogP contribution in [-0.2, 0) is 21.2 Å². The standard InChI is InChI=1S/C26H27ClN2O3S/c1-18-10-13-22(14-11-18)33(31,32)29(25-15-12-21(27)16-19(25)2)17-26(30)28-24-9-5-7-20-6-3-4-8-23(20)24/h3-4,6,8,10-16,24H,5,7,9,17H2,1-2H3,(H,28,30)/t24-/m1/s1. The van der Waals surface area contributed by atoms with E-state index in [1.807, 2.05) is 25.1 Å². The van der Waals surface area contributed by atoms with Crippen molar-refractivity contribution in [2.75, 3.05) is 10.8 Å². The van der Waals surface area contributed by atoms with Crippen LogP contribution >= 0.6 is 11.6 Å². The summed E-state index contributed by atoms with van der Waals surface area (Å²) in [6, 6.07) is 19.6. The Morgan fingerprint density at radius 3 is 2.52 bits per heavy atom. The Kier molecular flexibility index (Phi) is 6.77. The van der Waals surface area contributed by atoms with Crippen molar-refractivity contribution >= 4 is 33.2 Å². The number of aryl methyl sites for hydroxylation is 3. The number of hydrogen-bond acceptors (Lipinski definition) is 3.